The van der Waals surface area contributed by atoms with Crippen LogP contribution in [0, 0.1) is 18.3 Å². The largest absolute Gasteiger partial charge is 0.341 e. The Hall–Kier alpha value is -2.78. The molecule has 1 amide bonds. The molecule has 1 fully saturated rings. The minimum absolute atomic E-state index is 0.177. The van der Waals surface area contributed by atoms with Crippen molar-refractivity contribution in [2.45, 2.75) is 31.8 Å². The number of aromatic nitrogens is 1. The summed E-state index contributed by atoms with van der Waals surface area (Å²) < 4.78 is 0. The van der Waals surface area contributed by atoms with Gasteiger partial charge in [0, 0.05) is 18.1 Å². The van der Waals surface area contributed by atoms with Gasteiger partial charge in [-0.25, -0.2) is 0 Å². The molecule has 1 saturated heterocycles. The van der Waals surface area contributed by atoms with E-state index in [1.807, 2.05) is 30.0 Å². The van der Waals surface area contributed by atoms with Gasteiger partial charge in [-0.05, 0) is 44.0 Å². The normalized spacial score (nSPS) is 18.6. The lowest BCUT2D eigenvalue weighted by atomic mass is 10.0. The van der Waals surface area contributed by atoms with Gasteiger partial charge in [0.25, 0.3) is 5.91 Å². The number of nitrogens with one attached hydrogen (secondary N) is 1. The standard InChI is InChI=1S/C19H20N4O2/c1-13-4-2-6-17-18(13)16(7-8-21-17)19(25)22-14(12-24)11-23-9-3-5-15(23)10-20/h2,4,6-8,12,14-15H,3,5,9,11H2,1H3,(H,22,25)/t14?,15-/m0/s1. The third kappa shape index (κ3) is 3.52. The molecule has 3 rings (SSSR count). The second-order valence-electron chi connectivity index (χ2n) is 6.33. The monoisotopic (exact) mass is 336 g/mol. The molecule has 25 heavy (non-hydrogen) atoms. The Morgan fingerprint density at radius 1 is 1.52 bits per heavy atom. The van der Waals surface area contributed by atoms with Gasteiger partial charge in [0.1, 0.15) is 6.29 Å². The van der Waals surface area contributed by atoms with Crippen LogP contribution in [0.5, 0.6) is 0 Å². The number of aldehydes is 1. The molecule has 1 unspecified atom stereocenters. The van der Waals surface area contributed by atoms with Gasteiger partial charge >= 0.3 is 0 Å². The Kier molecular flexibility index (Phi) is 5.05. The van der Waals surface area contributed by atoms with Crippen LogP contribution in [0.2, 0.25) is 0 Å². The van der Waals surface area contributed by atoms with Crippen LogP contribution in [-0.4, -0.2) is 47.3 Å². The molecule has 0 bridgehead atoms. The molecular weight excluding hydrogens is 316 g/mol. The summed E-state index contributed by atoms with van der Waals surface area (Å²) in [6.45, 7) is 3.06. The molecule has 1 aliphatic heterocycles. The van der Waals surface area contributed by atoms with E-state index in [9.17, 15) is 9.59 Å². The van der Waals surface area contributed by atoms with Crippen LogP contribution in [0.3, 0.4) is 0 Å². The van der Waals surface area contributed by atoms with Crippen LogP contribution < -0.4 is 5.32 Å². The predicted molar refractivity (Wildman–Crippen MR) is 94.0 cm³/mol. The first-order valence-electron chi connectivity index (χ1n) is 8.38. The summed E-state index contributed by atoms with van der Waals surface area (Å²) in [6.07, 6.45) is 4.08. The first-order chi connectivity index (χ1) is 12.1. The Morgan fingerprint density at radius 2 is 2.36 bits per heavy atom. The van der Waals surface area contributed by atoms with Crippen LogP contribution in [0.1, 0.15) is 28.8 Å². The fourth-order valence-electron chi connectivity index (χ4n) is 3.39. The Labute approximate surface area is 146 Å². The highest BCUT2D eigenvalue weighted by molar-refractivity contribution is 6.07. The van der Waals surface area contributed by atoms with E-state index in [0.29, 0.717) is 12.1 Å². The first kappa shape index (κ1) is 17.1. The maximum absolute atomic E-state index is 12.7. The van der Waals surface area contributed by atoms with Gasteiger partial charge in [-0.1, -0.05) is 12.1 Å². The van der Waals surface area contributed by atoms with Crippen molar-refractivity contribution in [1.82, 2.24) is 15.2 Å². The quantitative estimate of drug-likeness (QED) is 0.842. The molecule has 1 aromatic heterocycles. The molecule has 0 aliphatic carbocycles. The van der Waals surface area contributed by atoms with E-state index in [2.05, 4.69) is 16.4 Å². The highest BCUT2D eigenvalue weighted by Crippen LogP contribution is 2.21. The average Bonchev–Trinajstić information content (AvgIpc) is 3.08. The van der Waals surface area contributed by atoms with Crippen molar-refractivity contribution in [2.24, 2.45) is 0 Å². The zero-order valence-corrected chi connectivity index (χ0v) is 14.1. The molecule has 2 heterocycles. The minimum Gasteiger partial charge on any atom is -0.341 e. The topological polar surface area (TPSA) is 86.1 Å². The van der Waals surface area contributed by atoms with Crippen LogP contribution in [0.4, 0.5) is 0 Å². The highest BCUT2D eigenvalue weighted by atomic mass is 16.2. The summed E-state index contributed by atoms with van der Waals surface area (Å²) in [5, 5.41) is 12.7. The maximum atomic E-state index is 12.7. The number of nitriles is 1. The van der Waals surface area contributed by atoms with E-state index < -0.39 is 6.04 Å². The second-order valence-corrected chi connectivity index (χ2v) is 6.33. The summed E-state index contributed by atoms with van der Waals surface area (Å²) >= 11 is 0. The number of pyridine rings is 1. The smallest absolute Gasteiger partial charge is 0.252 e. The van der Waals surface area contributed by atoms with E-state index in [1.54, 1.807) is 12.3 Å². The molecule has 0 spiro atoms. The van der Waals surface area contributed by atoms with E-state index in [4.69, 9.17) is 5.26 Å². The summed E-state index contributed by atoms with van der Waals surface area (Å²) in [5.74, 6) is -0.300. The Bertz CT molecular complexity index is 838. The van der Waals surface area contributed by atoms with Crippen LogP contribution in [-0.2, 0) is 4.79 Å². The van der Waals surface area contributed by atoms with Gasteiger partial charge in [0.15, 0.2) is 0 Å². The molecule has 1 aliphatic rings. The fourth-order valence-corrected chi connectivity index (χ4v) is 3.39. The number of carbonyl (C=O) groups excluding carboxylic acids is 2. The number of benzene rings is 1. The van der Waals surface area contributed by atoms with Gasteiger partial charge in [0.2, 0.25) is 0 Å². The van der Waals surface area contributed by atoms with Crippen LogP contribution in [0.15, 0.2) is 30.5 Å². The van der Waals surface area contributed by atoms with Crippen molar-refractivity contribution in [3.63, 3.8) is 0 Å². The highest BCUT2D eigenvalue weighted by Gasteiger charge is 2.27. The lowest BCUT2D eigenvalue weighted by Gasteiger charge is -2.23. The molecule has 1 N–H and O–H groups in total. The maximum Gasteiger partial charge on any atom is 0.252 e. The van der Waals surface area contributed by atoms with E-state index in [-0.39, 0.29) is 11.9 Å². The molecule has 0 radical (unpaired) electrons. The number of nitrogens with zero attached hydrogens (tertiary/aromatic N) is 3. The molecule has 6 nitrogen and oxygen atoms in total. The lowest BCUT2D eigenvalue weighted by Crippen LogP contribution is -2.46. The van der Waals surface area contributed by atoms with Gasteiger partial charge < -0.3 is 10.1 Å². The minimum atomic E-state index is -0.645. The predicted octanol–water partition coefficient (Wildman–Crippen LogP) is 1.83. The summed E-state index contributed by atoms with van der Waals surface area (Å²) in [7, 11) is 0. The summed E-state index contributed by atoms with van der Waals surface area (Å²) in [5.41, 5.74) is 2.22. The van der Waals surface area contributed by atoms with Crippen molar-refractivity contribution < 1.29 is 9.59 Å². The number of hydrogen-bond donors (Lipinski definition) is 1. The number of aryl methyl sites for hydroxylation is 1. The van der Waals surface area contributed by atoms with E-state index in [0.717, 1.165) is 42.1 Å². The number of carbonyl (C=O) groups is 2. The van der Waals surface area contributed by atoms with Gasteiger partial charge in [0.05, 0.1) is 29.2 Å². The fraction of sp³-hybridized carbons (Fsp3) is 0.368. The Balaban J connectivity index is 1.79. The van der Waals surface area contributed by atoms with Gasteiger partial charge in [-0.15, -0.1) is 0 Å². The molecule has 128 valence electrons. The molecule has 2 aromatic rings. The first-order valence-corrected chi connectivity index (χ1v) is 8.38. The second kappa shape index (κ2) is 7.41. The number of amides is 1. The van der Waals surface area contributed by atoms with Crippen LogP contribution >= 0.6 is 0 Å². The lowest BCUT2D eigenvalue weighted by molar-refractivity contribution is -0.109. The number of rotatable bonds is 5. The number of hydrogen-bond acceptors (Lipinski definition) is 5. The molecular formula is C19H20N4O2. The third-order valence-electron chi connectivity index (χ3n) is 4.64. The van der Waals surface area contributed by atoms with Gasteiger partial charge in [-0.3, -0.25) is 14.7 Å². The number of likely N-dealkylation sites (tertiary alicyclic amines) is 1. The summed E-state index contributed by atoms with van der Waals surface area (Å²) in [6, 6.07) is 8.78. The SMILES string of the molecule is Cc1cccc2nccc(C(=O)NC(C=O)CN3CCC[C@H]3C#N)c12. The van der Waals surface area contributed by atoms with Crippen molar-refractivity contribution in [1.29, 1.82) is 5.26 Å². The van der Waals surface area contributed by atoms with Gasteiger partial charge in [-0.2, -0.15) is 5.26 Å². The van der Waals surface area contributed by atoms with Crippen molar-refractivity contribution in [2.75, 3.05) is 13.1 Å². The Morgan fingerprint density at radius 3 is 3.12 bits per heavy atom. The molecule has 0 saturated carbocycles. The number of fused-ring (bicyclic) bond motifs is 1. The van der Waals surface area contributed by atoms with Crippen molar-refractivity contribution >= 4 is 23.1 Å². The zero-order chi connectivity index (χ0) is 17.8. The average molecular weight is 336 g/mol. The van der Waals surface area contributed by atoms with E-state index in [1.165, 1.54) is 0 Å². The van der Waals surface area contributed by atoms with Crippen LogP contribution in [0.25, 0.3) is 10.9 Å². The molecule has 1 aromatic carbocycles. The van der Waals surface area contributed by atoms with Crippen molar-refractivity contribution in [3.05, 3.63) is 41.6 Å². The van der Waals surface area contributed by atoms with Crippen molar-refractivity contribution in [3.8, 4) is 6.07 Å². The zero-order valence-electron chi connectivity index (χ0n) is 14.1. The van der Waals surface area contributed by atoms with E-state index >= 15 is 0 Å². The molecule has 6 heteroatoms. The third-order valence-corrected chi connectivity index (χ3v) is 4.64. The summed E-state index contributed by atoms with van der Waals surface area (Å²) in [4.78, 5) is 30.4. The molecule has 2 atom stereocenters.